The number of hydrogen-bond acceptors (Lipinski definition) is 4. The van der Waals surface area contributed by atoms with Gasteiger partial charge in [0.05, 0.1) is 4.92 Å². The zero-order chi connectivity index (χ0) is 19.2. The Kier molecular flexibility index (Phi) is 6.06. The summed E-state index contributed by atoms with van der Waals surface area (Å²) in [5.74, 6) is -0.339. The maximum absolute atomic E-state index is 12.6. The van der Waals surface area contributed by atoms with Gasteiger partial charge in [-0.1, -0.05) is 31.9 Å². The van der Waals surface area contributed by atoms with E-state index in [4.69, 9.17) is 0 Å². The lowest BCUT2D eigenvalue weighted by molar-refractivity contribution is -0.384. The molecule has 0 bridgehead atoms. The van der Waals surface area contributed by atoms with Gasteiger partial charge in [0.2, 0.25) is 0 Å². The molecule has 6 heteroatoms. The summed E-state index contributed by atoms with van der Waals surface area (Å²) >= 11 is 0. The molecule has 1 aliphatic heterocycles. The van der Waals surface area contributed by atoms with Crippen molar-refractivity contribution in [2.75, 3.05) is 23.3 Å². The number of nitrogens with one attached hydrogen (secondary N) is 1. The van der Waals surface area contributed by atoms with E-state index in [2.05, 4.69) is 10.2 Å². The Morgan fingerprint density at radius 1 is 1.11 bits per heavy atom. The summed E-state index contributed by atoms with van der Waals surface area (Å²) in [6, 6.07) is 12.4. The van der Waals surface area contributed by atoms with Crippen molar-refractivity contribution in [1.82, 2.24) is 0 Å². The molecule has 1 fully saturated rings. The largest absolute Gasteiger partial charge is 0.366 e. The van der Waals surface area contributed by atoms with E-state index in [1.165, 1.54) is 6.07 Å². The summed E-state index contributed by atoms with van der Waals surface area (Å²) in [5, 5.41) is 14.4. The Balaban J connectivity index is 1.84. The highest BCUT2D eigenvalue weighted by atomic mass is 16.6. The second-order valence-corrected chi connectivity index (χ2v) is 6.87. The Hall–Kier alpha value is -2.89. The number of carbonyl (C=O) groups is 1. The van der Waals surface area contributed by atoms with Crippen LogP contribution in [-0.2, 0) is 6.42 Å². The van der Waals surface area contributed by atoms with E-state index < -0.39 is 4.92 Å². The van der Waals surface area contributed by atoms with Crippen LogP contribution in [0.3, 0.4) is 0 Å². The van der Waals surface area contributed by atoms with Gasteiger partial charge >= 0.3 is 0 Å². The monoisotopic (exact) mass is 367 g/mol. The fraction of sp³-hybridized carbons (Fsp3) is 0.381. The highest BCUT2D eigenvalue weighted by Crippen LogP contribution is 2.31. The van der Waals surface area contributed by atoms with Crippen LogP contribution in [0.1, 0.15) is 48.5 Å². The van der Waals surface area contributed by atoms with Crippen molar-refractivity contribution in [3.63, 3.8) is 0 Å². The van der Waals surface area contributed by atoms with Gasteiger partial charge in [0.15, 0.2) is 0 Å². The molecule has 1 saturated heterocycles. The standard InChI is InChI=1S/C21H25N3O3/c1-2-16-8-7-9-18(14-16)22-21(25)17-10-11-19(20(15-17)24(26)27)23-12-5-3-4-6-13-23/h7-11,14-15H,2-6,12-13H2,1H3,(H,22,25). The normalized spacial score (nSPS) is 14.5. The number of anilines is 2. The van der Waals surface area contributed by atoms with E-state index in [-0.39, 0.29) is 11.6 Å². The van der Waals surface area contributed by atoms with Gasteiger partial charge in [-0.25, -0.2) is 0 Å². The first-order chi connectivity index (χ1) is 13.1. The van der Waals surface area contributed by atoms with Crippen molar-refractivity contribution < 1.29 is 9.72 Å². The molecule has 2 aromatic carbocycles. The third kappa shape index (κ3) is 4.64. The fourth-order valence-electron chi connectivity index (χ4n) is 3.46. The van der Waals surface area contributed by atoms with Crippen LogP contribution in [0.2, 0.25) is 0 Å². The summed E-state index contributed by atoms with van der Waals surface area (Å²) < 4.78 is 0. The van der Waals surface area contributed by atoms with Gasteiger partial charge in [-0.3, -0.25) is 14.9 Å². The molecule has 6 nitrogen and oxygen atoms in total. The molecule has 0 radical (unpaired) electrons. The highest BCUT2D eigenvalue weighted by Gasteiger charge is 2.22. The minimum Gasteiger partial charge on any atom is -0.366 e. The smallest absolute Gasteiger partial charge is 0.293 e. The molecule has 142 valence electrons. The lowest BCUT2D eigenvalue weighted by Crippen LogP contribution is -2.25. The van der Waals surface area contributed by atoms with Gasteiger partial charge in [-0.05, 0) is 49.1 Å². The Morgan fingerprint density at radius 2 is 1.85 bits per heavy atom. The van der Waals surface area contributed by atoms with Crippen LogP contribution < -0.4 is 10.2 Å². The van der Waals surface area contributed by atoms with Gasteiger partial charge in [0, 0.05) is 30.4 Å². The van der Waals surface area contributed by atoms with Gasteiger partial charge < -0.3 is 10.2 Å². The first-order valence-electron chi connectivity index (χ1n) is 9.52. The molecule has 1 N–H and O–H groups in total. The van der Waals surface area contributed by atoms with Crippen molar-refractivity contribution >= 4 is 23.0 Å². The highest BCUT2D eigenvalue weighted by molar-refractivity contribution is 6.05. The second-order valence-electron chi connectivity index (χ2n) is 6.87. The van der Waals surface area contributed by atoms with E-state index in [9.17, 15) is 14.9 Å². The molecule has 1 heterocycles. The Bertz CT molecular complexity index is 827. The van der Waals surface area contributed by atoms with E-state index >= 15 is 0 Å². The van der Waals surface area contributed by atoms with Crippen molar-refractivity contribution in [3.8, 4) is 0 Å². The minimum atomic E-state index is -0.394. The molecular weight excluding hydrogens is 342 g/mol. The molecule has 0 aliphatic carbocycles. The van der Waals surface area contributed by atoms with E-state index in [0.717, 1.165) is 50.8 Å². The molecule has 2 aromatic rings. The topological polar surface area (TPSA) is 75.5 Å². The first kappa shape index (κ1) is 18.9. The number of amides is 1. The minimum absolute atomic E-state index is 0.00754. The summed E-state index contributed by atoms with van der Waals surface area (Å²) in [6.07, 6.45) is 5.25. The zero-order valence-corrected chi connectivity index (χ0v) is 15.6. The number of nitrogens with zero attached hydrogens (tertiary/aromatic N) is 2. The van der Waals surface area contributed by atoms with Crippen LogP contribution in [0.25, 0.3) is 0 Å². The van der Waals surface area contributed by atoms with E-state index in [0.29, 0.717) is 16.9 Å². The Labute approximate surface area is 159 Å². The number of carbonyl (C=O) groups excluding carboxylic acids is 1. The Morgan fingerprint density at radius 3 is 2.52 bits per heavy atom. The van der Waals surface area contributed by atoms with Gasteiger partial charge in [-0.15, -0.1) is 0 Å². The van der Waals surface area contributed by atoms with Crippen molar-refractivity contribution in [3.05, 3.63) is 63.7 Å². The molecule has 0 unspecified atom stereocenters. The number of nitro benzene ring substituents is 1. The maximum atomic E-state index is 12.6. The molecule has 0 spiro atoms. The molecule has 0 aromatic heterocycles. The van der Waals surface area contributed by atoms with Crippen LogP contribution in [0.4, 0.5) is 17.1 Å². The molecule has 0 atom stereocenters. The molecular formula is C21H25N3O3. The lowest BCUT2D eigenvalue weighted by Gasteiger charge is -2.22. The predicted molar refractivity (Wildman–Crippen MR) is 108 cm³/mol. The van der Waals surface area contributed by atoms with Crippen molar-refractivity contribution in [1.29, 1.82) is 0 Å². The average Bonchev–Trinajstić information content (AvgIpc) is 2.97. The quantitative estimate of drug-likeness (QED) is 0.609. The average molecular weight is 367 g/mol. The molecule has 0 saturated carbocycles. The fourth-order valence-corrected chi connectivity index (χ4v) is 3.46. The zero-order valence-electron chi connectivity index (χ0n) is 15.6. The summed E-state index contributed by atoms with van der Waals surface area (Å²) in [6.45, 7) is 3.68. The van der Waals surface area contributed by atoms with E-state index in [1.54, 1.807) is 12.1 Å². The maximum Gasteiger partial charge on any atom is 0.293 e. The van der Waals surface area contributed by atoms with Gasteiger partial charge in [-0.2, -0.15) is 0 Å². The molecule has 27 heavy (non-hydrogen) atoms. The van der Waals surface area contributed by atoms with Crippen molar-refractivity contribution in [2.24, 2.45) is 0 Å². The number of benzene rings is 2. The lowest BCUT2D eigenvalue weighted by atomic mass is 10.1. The van der Waals surface area contributed by atoms with Gasteiger partial charge in [0.1, 0.15) is 5.69 Å². The third-order valence-corrected chi connectivity index (χ3v) is 4.97. The number of rotatable bonds is 5. The molecule has 1 amide bonds. The summed E-state index contributed by atoms with van der Waals surface area (Å²) in [4.78, 5) is 25.9. The van der Waals surface area contributed by atoms with Crippen LogP contribution in [0.5, 0.6) is 0 Å². The molecule has 3 rings (SSSR count). The van der Waals surface area contributed by atoms with Crippen LogP contribution in [-0.4, -0.2) is 23.9 Å². The van der Waals surface area contributed by atoms with Gasteiger partial charge in [0.25, 0.3) is 11.6 Å². The molecule has 1 aliphatic rings. The van der Waals surface area contributed by atoms with Crippen LogP contribution >= 0.6 is 0 Å². The summed E-state index contributed by atoms with van der Waals surface area (Å²) in [7, 11) is 0. The predicted octanol–water partition coefficient (Wildman–Crippen LogP) is 4.79. The van der Waals surface area contributed by atoms with Crippen LogP contribution in [0, 0.1) is 10.1 Å². The first-order valence-corrected chi connectivity index (χ1v) is 9.52. The number of hydrogen-bond donors (Lipinski definition) is 1. The third-order valence-electron chi connectivity index (χ3n) is 4.97. The summed E-state index contributed by atoms with van der Waals surface area (Å²) in [5.41, 5.74) is 2.70. The SMILES string of the molecule is CCc1cccc(NC(=O)c2ccc(N3CCCCCC3)c([N+](=O)[O-])c2)c1. The number of nitro groups is 1. The van der Waals surface area contributed by atoms with Crippen molar-refractivity contribution in [2.45, 2.75) is 39.0 Å². The number of aryl methyl sites for hydroxylation is 1. The second kappa shape index (κ2) is 8.66. The van der Waals surface area contributed by atoms with E-state index in [1.807, 2.05) is 31.2 Å². The van der Waals surface area contributed by atoms with Crippen LogP contribution in [0.15, 0.2) is 42.5 Å².